The van der Waals surface area contributed by atoms with Crippen molar-refractivity contribution < 1.29 is 14.0 Å². The number of nitrogens with zero attached hydrogens (tertiary/aromatic N) is 4. The fourth-order valence-corrected chi connectivity index (χ4v) is 6.56. The Hall–Kier alpha value is -4.31. The molecule has 10 heteroatoms. The van der Waals surface area contributed by atoms with E-state index >= 15 is 0 Å². The van der Waals surface area contributed by atoms with E-state index in [4.69, 9.17) is 9.97 Å². The van der Waals surface area contributed by atoms with Crippen LogP contribution in [0.15, 0.2) is 48.8 Å². The molecule has 0 atom stereocenters. The molecule has 4 aromatic rings. The number of alkyl halides is 1. The van der Waals surface area contributed by atoms with E-state index in [1.54, 1.807) is 20.9 Å². The zero-order chi connectivity index (χ0) is 33.1. The van der Waals surface area contributed by atoms with Crippen LogP contribution in [0.2, 0.25) is 0 Å². The molecule has 9 nitrogen and oxygen atoms in total. The first-order chi connectivity index (χ1) is 21.7. The molecule has 2 aromatic carbocycles. The molecule has 0 saturated heterocycles. The maximum Gasteiger partial charge on any atom is 0.251 e. The molecule has 1 fully saturated rings. The number of carbonyl (C=O) groups is 2. The smallest absolute Gasteiger partial charge is 0.251 e. The number of aryl methyl sites for hydroxylation is 1. The molecule has 0 bridgehead atoms. The van der Waals surface area contributed by atoms with E-state index in [2.05, 4.69) is 40.4 Å². The van der Waals surface area contributed by atoms with Crippen LogP contribution < -0.4 is 20.9 Å². The topological polar surface area (TPSA) is 104 Å². The molecule has 0 unspecified atom stereocenters. The number of imidazole rings is 1. The highest BCUT2D eigenvalue weighted by molar-refractivity contribution is 6.09. The summed E-state index contributed by atoms with van der Waals surface area (Å²) in [6, 6.07) is 14.2. The van der Waals surface area contributed by atoms with Crippen LogP contribution in [0, 0.1) is 6.92 Å². The molecule has 1 aliphatic carbocycles. The number of benzene rings is 2. The number of carbonyl (C=O) groups excluding carboxylic acids is 2. The van der Waals surface area contributed by atoms with Crippen LogP contribution in [-0.2, 0) is 10.2 Å². The molecule has 2 aliphatic rings. The molecule has 1 saturated carbocycles. The Morgan fingerprint density at radius 2 is 1.87 bits per heavy atom. The lowest BCUT2D eigenvalue weighted by molar-refractivity contribution is -0.123. The summed E-state index contributed by atoms with van der Waals surface area (Å²) in [6.45, 7) is 13.5. The largest absolute Gasteiger partial charge is 0.355 e. The van der Waals surface area contributed by atoms with Crippen molar-refractivity contribution in [3.63, 3.8) is 0 Å². The van der Waals surface area contributed by atoms with Gasteiger partial charge in [0.05, 0.1) is 23.0 Å². The summed E-state index contributed by atoms with van der Waals surface area (Å²) in [5.74, 6) is 0.560. The third-order valence-corrected chi connectivity index (χ3v) is 9.35. The number of rotatable bonds is 9. The molecule has 6 rings (SSSR count). The highest BCUT2D eigenvalue weighted by atomic mass is 19.1. The predicted octanol–water partition coefficient (Wildman–Crippen LogP) is 6.58. The zero-order valence-corrected chi connectivity index (χ0v) is 28.0. The van der Waals surface area contributed by atoms with E-state index in [-0.39, 0.29) is 36.5 Å². The van der Waals surface area contributed by atoms with Crippen molar-refractivity contribution in [3.05, 3.63) is 65.5 Å². The molecule has 2 amide bonds. The monoisotopic (exact) mass is 625 g/mol. The highest BCUT2D eigenvalue weighted by Crippen LogP contribution is 2.47. The van der Waals surface area contributed by atoms with Crippen LogP contribution in [0.5, 0.6) is 0 Å². The van der Waals surface area contributed by atoms with E-state index in [1.165, 1.54) is 0 Å². The van der Waals surface area contributed by atoms with Crippen molar-refractivity contribution in [3.8, 4) is 11.3 Å². The van der Waals surface area contributed by atoms with E-state index in [0.29, 0.717) is 11.4 Å². The van der Waals surface area contributed by atoms with Crippen molar-refractivity contribution in [1.29, 1.82) is 0 Å². The molecule has 3 heterocycles. The van der Waals surface area contributed by atoms with Gasteiger partial charge in [0.25, 0.3) is 5.91 Å². The van der Waals surface area contributed by atoms with Crippen LogP contribution in [0.4, 0.5) is 21.6 Å². The number of hydrogen-bond donors (Lipinski definition) is 3. The first-order valence-corrected chi connectivity index (χ1v) is 16.1. The van der Waals surface area contributed by atoms with Crippen molar-refractivity contribution in [1.82, 2.24) is 25.2 Å². The van der Waals surface area contributed by atoms with Gasteiger partial charge in [-0.25, -0.2) is 14.4 Å². The third kappa shape index (κ3) is 5.63. The Kier molecular flexibility index (Phi) is 7.91. The molecule has 3 N–H and O–H groups in total. The maximum absolute atomic E-state index is 14.1. The normalized spacial score (nSPS) is 19.0. The lowest BCUT2D eigenvalue weighted by Gasteiger charge is -2.43. The van der Waals surface area contributed by atoms with E-state index in [9.17, 15) is 14.0 Å². The van der Waals surface area contributed by atoms with Gasteiger partial charge in [-0.05, 0) is 96.7 Å². The average Bonchev–Trinajstić information content (AvgIpc) is 3.49. The SMILES string of the molecule is CNC(=O)c1cc(Nc2nc(-c3ccc4c(c3)N([C@H]3C[C@@H](NCC(C)(C)F)C3)C(=O)C4(C)C)cc3ncn(C(C)C)c23)ccc1C. The minimum atomic E-state index is -1.28. The number of fused-ring (bicyclic) bond motifs is 2. The van der Waals surface area contributed by atoms with Crippen molar-refractivity contribution >= 4 is 40.0 Å². The van der Waals surface area contributed by atoms with Crippen LogP contribution in [-0.4, -0.2) is 57.7 Å². The zero-order valence-electron chi connectivity index (χ0n) is 28.0. The quantitative estimate of drug-likeness (QED) is 0.194. The Labute approximate surface area is 270 Å². The molecule has 1 aliphatic heterocycles. The molecule has 242 valence electrons. The first kappa shape index (κ1) is 31.7. The molecule has 2 aromatic heterocycles. The van der Waals surface area contributed by atoms with E-state index in [0.717, 1.165) is 57.6 Å². The summed E-state index contributed by atoms with van der Waals surface area (Å²) in [5.41, 5.74) is 5.42. The minimum Gasteiger partial charge on any atom is -0.355 e. The highest BCUT2D eigenvalue weighted by Gasteiger charge is 2.49. The number of hydrogen-bond acceptors (Lipinski definition) is 6. The number of nitrogens with one attached hydrogen (secondary N) is 3. The standard InChI is InChI=1S/C36H44FN7O2/c1-20(2)43-19-40-29-17-28(42-32(31(29)43)41-23-11-9-21(3)26(16-23)33(45)38-8)22-10-12-27-30(13-22)44(34(46)36(27,6)7)25-14-24(15-25)39-18-35(4,5)37/h9-13,16-17,19-20,24-25,39H,14-15,18H2,1-8H3,(H,38,45)(H,41,42)/t24-,25+. The fraction of sp³-hybridized carbons (Fsp3) is 0.444. The number of aromatic nitrogens is 3. The number of amides is 2. The summed E-state index contributed by atoms with van der Waals surface area (Å²) >= 11 is 0. The second-order valence-corrected chi connectivity index (χ2v) is 14.2. The van der Waals surface area contributed by atoms with Crippen molar-refractivity contribution in [2.45, 2.75) is 90.5 Å². The van der Waals surface area contributed by atoms with Gasteiger partial charge in [0.1, 0.15) is 11.2 Å². The van der Waals surface area contributed by atoms with Gasteiger partial charge in [0.2, 0.25) is 5.91 Å². The summed E-state index contributed by atoms with van der Waals surface area (Å²) in [5, 5.41) is 9.51. The minimum absolute atomic E-state index is 0.0500. The predicted molar refractivity (Wildman–Crippen MR) is 182 cm³/mol. The van der Waals surface area contributed by atoms with Gasteiger partial charge in [-0.2, -0.15) is 0 Å². The summed E-state index contributed by atoms with van der Waals surface area (Å²) in [4.78, 5) is 38.1. The second kappa shape index (κ2) is 11.5. The first-order valence-electron chi connectivity index (χ1n) is 16.1. The Balaban J connectivity index is 1.38. The Morgan fingerprint density at radius 1 is 1.13 bits per heavy atom. The average molecular weight is 626 g/mol. The van der Waals surface area contributed by atoms with Gasteiger partial charge in [0, 0.05) is 54.2 Å². The summed E-state index contributed by atoms with van der Waals surface area (Å²) in [6.07, 6.45) is 3.38. The van der Waals surface area contributed by atoms with E-state index < -0.39 is 11.1 Å². The number of pyridine rings is 1. The van der Waals surface area contributed by atoms with E-state index in [1.807, 2.05) is 68.4 Å². The van der Waals surface area contributed by atoms with Gasteiger partial charge in [0.15, 0.2) is 5.82 Å². The maximum atomic E-state index is 14.1. The Morgan fingerprint density at radius 3 is 2.54 bits per heavy atom. The second-order valence-electron chi connectivity index (χ2n) is 14.2. The number of halogens is 1. The Bertz CT molecular complexity index is 1830. The lowest BCUT2D eigenvalue weighted by Crippen LogP contribution is -2.56. The lowest BCUT2D eigenvalue weighted by atomic mass is 9.84. The van der Waals surface area contributed by atoms with Crippen LogP contribution in [0.25, 0.3) is 22.3 Å². The molecule has 0 spiro atoms. The van der Waals surface area contributed by atoms with Gasteiger partial charge in [-0.1, -0.05) is 18.2 Å². The molecule has 0 radical (unpaired) electrons. The molecular weight excluding hydrogens is 581 g/mol. The third-order valence-electron chi connectivity index (χ3n) is 9.35. The fourth-order valence-electron chi connectivity index (χ4n) is 6.56. The van der Waals surface area contributed by atoms with Gasteiger partial charge in [-0.15, -0.1) is 0 Å². The van der Waals surface area contributed by atoms with Crippen LogP contribution >= 0.6 is 0 Å². The summed E-state index contributed by atoms with van der Waals surface area (Å²) < 4.78 is 16.2. The summed E-state index contributed by atoms with van der Waals surface area (Å²) in [7, 11) is 1.62. The van der Waals surface area contributed by atoms with Gasteiger partial charge >= 0.3 is 0 Å². The van der Waals surface area contributed by atoms with Gasteiger partial charge in [-0.3, -0.25) is 9.59 Å². The van der Waals surface area contributed by atoms with Gasteiger partial charge < -0.3 is 25.4 Å². The van der Waals surface area contributed by atoms with Crippen LogP contribution in [0.1, 0.15) is 81.9 Å². The molecule has 46 heavy (non-hydrogen) atoms. The number of anilines is 3. The molecular formula is C36H44FN7O2. The van der Waals surface area contributed by atoms with Crippen molar-refractivity contribution in [2.75, 3.05) is 23.8 Å². The van der Waals surface area contributed by atoms with Crippen molar-refractivity contribution in [2.24, 2.45) is 0 Å². The van der Waals surface area contributed by atoms with Crippen LogP contribution in [0.3, 0.4) is 0 Å².